The average Bonchev–Trinajstić information content (AvgIpc) is 3.46. The fourth-order valence-electron chi connectivity index (χ4n) is 4.06. The quantitative estimate of drug-likeness (QED) is 0.553. The summed E-state index contributed by atoms with van der Waals surface area (Å²) in [5, 5.41) is 22.7. The fourth-order valence-corrected chi connectivity index (χ4v) is 4.06. The molecule has 1 fully saturated rings. The van der Waals surface area contributed by atoms with Crippen LogP contribution in [0.2, 0.25) is 0 Å². The monoisotopic (exact) mass is 421 g/mol. The van der Waals surface area contributed by atoms with Crippen LogP contribution < -0.4 is 10.2 Å². The largest absolute Gasteiger partial charge is 0.465 e. The Hall–Kier alpha value is -3.26. The van der Waals surface area contributed by atoms with Gasteiger partial charge in [0.2, 0.25) is 0 Å². The van der Waals surface area contributed by atoms with Gasteiger partial charge in [0.05, 0.1) is 11.1 Å². The fraction of sp³-hybridized carbons (Fsp3) is 0.391. The Kier molecular flexibility index (Phi) is 5.26. The number of nitrogens with zero attached hydrogens (tertiary/aromatic N) is 4. The summed E-state index contributed by atoms with van der Waals surface area (Å²) in [6, 6.07) is 9.28. The van der Waals surface area contributed by atoms with Crippen molar-refractivity contribution in [2.45, 2.75) is 44.6 Å². The summed E-state index contributed by atoms with van der Waals surface area (Å²) in [6.07, 6.45) is 1.59. The molecule has 1 saturated carbocycles. The first kappa shape index (κ1) is 21.0. The standard InChI is InChI=1S/C23H27N5O3/c1-13-7-8-24-21(25-13)17-10-16(17)19-11-20(28(4)12-23(2,3)31)15-6-5-14(26-22(29)30)9-18(15)27-19/h5-9,11,16-17,26,31H,10,12H2,1-4H3,(H,29,30)/t16-,17-/m0/s1. The number of anilines is 2. The van der Waals surface area contributed by atoms with Crippen LogP contribution in [0.5, 0.6) is 0 Å². The van der Waals surface area contributed by atoms with Gasteiger partial charge < -0.3 is 15.1 Å². The molecule has 8 heteroatoms. The smallest absolute Gasteiger partial charge is 0.409 e. The van der Waals surface area contributed by atoms with E-state index in [1.54, 1.807) is 32.2 Å². The van der Waals surface area contributed by atoms with Crippen LogP contribution in [0, 0.1) is 6.92 Å². The number of likely N-dealkylation sites (N-methyl/N-ethyl adjacent to an activating group) is 1. The molecule has 1 aliphatic carbocycles. The highest BCUT2D eigenvalue weighted by molar-refractivity contribution is 5.96. The third-order valence-corrected chi connectivity index (χ3v) is 5.41. The minimum Gasteiger partial charge on any atom is -0.465 e. The molecule has 0 radical (unpaired) electrons. The highest BCUT2D eigenvalue weighted by atomic mass is 16.4. The molecule has 1 aliphatic rings. The number of carbonyl (C=O) groups is 1. The second-order valence-corrected chi connectivity index (χ2v) is 8.90. The van der Waals surface area contributed by atoms with Crippen molar-refractivity contribution in [1.29, 1.82) is 0 Å². The van der Waals surface area contributed by atoms with Crippen LogP contribution in [0.15, 0.2) is 36.5 Å². The molecule has 1 aromatic carbocycles. The lowest BCUT2D eigenvalue weighted by Gasteiger charge is -2.28. The molecule has 8 nitrogen and oxygen atoms in total. The SMILES string of the molecule is Cc1ccnc([C@H]2C[C@@H]2c2cc(N(C)CC(C)(C)O)c3ccc(NC(=O)O)cc3n2)n1. The molecule has 3 N–H and O–H groups in total. The topological polar surface area (TPSA) is 111 Å². The Morgan fingerprint density at radius 3 is 2.68 bits per heavy atom. The summed E-state index contributed by atoms with van der Waals surface area (Å²) in [4.78, 5) is 26.9. The van der Waals surface area contributed by atoms with E-state index in [-0.39, 0.29) is 11.8 Å². The third kappa shape index (κ3) is 4.74. The van der Waals surface area contributed by atoms with Crippen LogP contribution >= 0.6 is 0 Å². The van der Waals surface area contributed by atoms with Gasteiger partial charge in [-0.05, 0) is 57.5 Å². The second kappa shape index (κ2) is 7.77. The molecule has 4 rings (SSSR count). The zero-order valence-electron chi connectivity index (χ0n) is 18.1. The van der Waals surface area contributed by atoms with Crippen molar-refractivity contribution in [1.82, 2.24) is 15.0 Å². The van der Waals surface area contributed by atoms with Gasteiger partial charge in [0.1, 0.15) is 5.82 Å². The molecular formula is C23H27N5O3. The Morgan fingerprint density at radius 1 is 1.23 bits per heavy atom. The van der Waals surface area contributed by atoms with Gasteiger partial charge in [0.15, 0.2) is 0 Å². The summed E-state index contributed by atoms with van der Waals surface area (Å²) in [5.74, 6) is 1.26. The van der Waals surface area contributed by atoms with Crippen molar-refractivity contribution in [3.8, 4) is 0 Å². The normalized spacial score (nSPS) is 18.1. The Balaban J connectivity index is 1.75. The summed E-state index contributed by atoms with van der Waals surface area (Å²) in [7, 11) is 1.94. The molecule has 2 heterocycles. The Bertz CT molecular complexity index is 1140. The van der Waals surface area contributed by atoms with Crippen molar-refractivity contribution in [3.05, 3.63) is 53.7 Å². The van der Waals surface area contributed by atoms with E-state index < -0.39 is 11.7 Å². The van der Waals surface area contributed by atoms with Crippen molar-refractivity contribution in [2.75, 3.05) is 23.8 Å². The van der Waals surface area contributed by atoms with Gasteiger partial charge in [-0.3, -0.25) is 10.3 Å². The molecule has 0 spiro atoms. The van der Waals surface area contributed by atoms with E-state index in [0.29, 0.717) is 17.7 Å². The first-order chi connectivity index (χ1) is 14.6. The number of carboxylic acid groups (broad SMARTS) is 1. The zero-order chi connectivity index (χ0) is 22.3. The number of hydrogen-bond donors (Lipinski definition) is 3. The number of benzene rings is 1. The van der Waals surface area contributed by atoms with Crippen molar-refractivity contribution < 1.29 is 15.0 Å². The number of aromatic nitrogens is 3. The predicted octanol–water partition coefficient (Wildman–Crippen LogP) is 3.90. The van der Waals surface area contributed by atoms with Gasteiger partial charge in [0, 0.05) is 59.8 Å². The molecule has 2 aromatic heterocycles. The number of fused-ring (bicyclic) bond motifs is 1. The first-order valence-electron chi connectivity index (χ1n) is 10.3. The lowest BCUT2D eigenvalue weighted by molar-refractivity contribution is 0.0886. The van der Waals surface area contributed by atoms with E-state index in [1.165, 1.54) is 0 Å². The highest BCUT2D eigenvalue weighted by Gasteiger charge is 2.43. The number of pyridine rings is 1. The first-order valence-corrected chi connectivity index (χ1v) is 10.3. The van der Waals surface area contributed by atoms with E-state index in [4.69, 9.17) is 10.1 Å². The summed E-state index contributed by atoms with van der Waals surface area (Å²) in [5.41, 5.74) is 3.11. The van der Waals surface area contributed by atoms with Crippen LogP contribution in [0.25, 0.3) is 10.9 Å². The van der Waals surface area contributed by atoms with Crippen molar-refractivity contribution in [2.24, 2.45) is 0 Å². The number of nitrogens with one attached hydrogen (secondary N) is 1. The van der Waals surface area contributed by atoms with E-state index in [2.05, 4.69) is 21.4 Å². The summed E-state index contributed by atoms with van der Waals surface area (Å²) in [6.45, 7) is 5.94. The van der Waals surface area contributed by atoms with Gasteiger partial charge in [0.25, 0.3) is 0 Å². The molecule has 0 bridgehead atoms. The van der Waals surface area contributed by atoms with E-state index in [9.17, 15) is 9.90 Å². The number of aryl methyl sites for hydroxylation is 1. The number of amides is 1. The van der Waals surface area contributed by atoms with Crippen LogP contribution in [-0.4, -0.2) is 50.5 Å². The maximum Gasteiger partial charge on any atom is 0.409 e. The third-order valence-electron chi connectivity index (χ3n) is 5.41. The van der Waals surface area contributed by atoms with Crippen molar-refractivity contribution in [3.63, 3.8) is 0 Å². The number of aliphatic hydroxyl groups is 1. The molecule has 0 saturated heterocycles. The minimum absolute atomic E-state index is 0.205. The molecule has 162 valence electrons. The average molecular weight is 422 g/mol. The molecule has 2 atom stereocenters. The molecule has 0 unspecified atom stereocenters. The lowest BCUT2D eigenvalue weighted by Crippen LogP contribution is -2.36. The zero-order valence-corrected chi connectivity index (χ0v) is 18.1. The Morgan fingerprint density at radius 2 is 2.00 bits per heavy atom. The van der Waals surface area contributed by atoms with Gasteiger partial charge in [-0.15, -0.1) is 0 Å². The maximum absolute atomic E-state index is 11.1. The number of hydrogen-bond acceptors (Lipinski definition) is 6. The summed E-state index contributed by atoms with van der Waals surface area (Å²) < 4.78 is 0. The molecular weight excluding hydrogens is 394 g/mol. The van der Waals surface area contributed by atoms with Crippen LogP contribution in [0.1, 0.15) is 49.3 Å². The second-order valence-electron chi connectivity index (χ2n) is 8.90. The van der Waals surface area contributed by atoms with Crippen LogP contribution in [-0.2, 0) is 0 Å². The molecule has 1 amide bonds. The minimum atomic E-state index is -1.12. The van der Waals surface area contributed by atoms with Gasteiger partial charge in [-0.25, -0.2) is 14.8 Å². The van der Waals surface area contributed by atoms with Gasteiger partial charge in [-0.2, -0.15) is 0 Å². The lowest BCUT2D eigenvalue weighted by atomic mass is 10.1. The van der Waals surface area contributed by atoms with Crippen LogP contribution in [0.3, 0.4) is 0 Å². The van der Waals surface area contributed by atoms with Crippen molar-refractivity contribution >= 4 is 28.4 Å². The molecule has 31 heavy (non-hydrogen) atoms. The van der Waals surface area contributed by atoms with Gasteiger partial charge in [-0.1, -0.05) is 0 Å². The highest BCUT2D eigenvalue weighted by Crippen LogP contribution is 2.53. The number of rotatable bonds is 6. The molecule has 0 aliphatic heterocycles. The Labute approximate surface area is 181 Å². The summed E-state index contributed by atoms with van der Waals surface area (Å²) >= 11 is 0. The van der Waals surface area contributed by atoms with E-state index in [1.807, 2.05) is 31.0 Å². The van der Waals surface area contributed by atoms with Gasteiger partial charge >= 0.3 is 6.09 Å². The van der Waals surface area contributed by atoms with E-state index in [0.717, 1.165) is 34.7 Å². The predicted molar refractivity (Wildman–Crippen MR) is 120 cm³/mol. The maximum atomic E-state index is 11.1. The van der Waals surface area contributed by atoms with E-state index >= 15 is 0 Å². The molecule has 3 aromatic rings. The van der Waals surface area contributed by atoms with Crippen LogP contribution in [0.4, 0.5) is 16.2 Å².